The minimum atomic E-state index is 0.365. The summed E-state index contributed by atoms with van der Waals surface area (Å²) < 4.78 is 0. The van der Waals surface area contributed by atoms with Gasteiger partial charge < -0.3 is 5.11 Å². The second-order valence-electron chi connectivity index (χ2n) is 10.6. The Morgan fingerprint density at radius 3 is 2.56 bits per heavy atom. The van der Waals surface area contributed by atoms with Crippen LogP contribution in [0, 0.1) is 46.3 Å². The van der Waals surface area contributed by atoms with Crippen LogP contribution in [0.4, 0.5) is 0 Å². The molecule has 1 heteroatoms. The van der Waals surface area contributed by atoms with Gasteiger partial charge >= 0.3 is 0 Å². The van der Waals surface area contributed by atoms with Gasteiger partial charge in [0.1, 0.15) is 0 Å². The van der Waals surface area contributed by atoms with Gasteiger partial charge in [-0.05, 0) is 97.7 Å². The smallest absolute Gasteiger partial charge is 0.0431 e. The van der Waals surface area contributed by atoms with Crippen molar-refractivity contribution in [3.05, 3.63) is 12.2 Å². The first-order valence-electron chi connectivity index (χ1n) is 11.3. The first-order chi connectivity index (χ1) is 12.0. The number of fused-ring (bicyclic) bond motifs is 5. The highest BCUT2D eigenvalue weighted by Crippen LogP contribution is 2.66. The standard InChI is InChI=1S/C24H40O/c1-17(7-6-16-25)20-11-12-21-19-10-9-18-8-4-5-14-23(18,2)22(19)13-15-24(20,21)3/h9-10,17-22,25H,4-8,11-16H2,1-3H3/t17-,18-,19-,20-,21+,22-,23+,24-/m1/s1. The lowest BCUT2D eigenvalue weighted by Gasteiger charge is -2.58. The third-order valence-corrected chi connectivity index (χ3v) is 9.65. The van der Waals surface area contributed by atoms with Crippen molar-refractivity contribution in [2.75, 3.05) is 6.61 Å². The average Bonchev–Trinajstić information content (AvgIpc) is 2.96. The molecule has 0 spiro atoms. The van der Waals surface area contributed by atoms with Crippen molar-refractivity contribution in [2.45, 2.75) is 85.0 Å². The largest absolute Gasteiger partial charge is 0.396 e. The van der Waals surface area contributed by atoms with Gasteiger partial charge in [-0.1, -0.05) is 45.8 Å². The molecule has 0 radical (unpaired) electrons. The van der Waals surface area contributed by atoms with E-state index in [0.29, 0.717) is 17.4 Å². The SMILES string of the molecule is C[C@H](CCCO)[C@H]1CC[C@H]2[C@H]3C=C[C@H]4CCCC[C@]4(C)[C@@H]3CC[C@]12C. The van der Waals surface area contributed by atoms with E-state index in [9.17, 15) is 5.11 Å². The summed E-state index contributed by atoms with van der Waals surface area (Å²) in [5, 5.41) is 9.24. The van der Waals surface area contributed by atoms with Gasteiger partial charge in [-0.3, -0.25) is 0 Å². The summed E-state index contributed by atoms with van der Waals surface area (Å²) in [6, 6.07) is 0. The van der Waals surface area contributed by atoms with Crippen LogP contribution in [0.5, 0.6) is 0 Å². The fraction of sp³-hybridized carbons (Fsp3) is 0.917. The summed E-state index contributed by atoms with van der Waals surface area (Å²) in [6.45, 7) is 8.13. The molecule has 1 N–H and O–H groups in total. The predicted octanol–water partition coefficient (Wildman–Crippen LogP) is 6.22. The summed E-state index contributed by atoms with van der Waals surface area (Å²) in [7, 11) is 0. The van der Waals surface area contributed by atoms with E-state index in [1.54, 1.807) is 0 Å². The fourth-order valence-corrected chi connectivity index (χ4v) is 8.25. The number of aliphatic hydroxyl groups is 1. The fourth-order valence-electron chi connectivity index (χ4n) is 8.25. The van der Waals surface area contributed by atoms with E-state index < -0.39 is 0 Å². The molecule has 1 nitrogen and oxygen atoms in total. The zero-order valence-corrected chi connectivity index (χ0v) is 16.8. The maximum Gasteiger partial charge on any atom is 0.0431 e. The van der Waals surface area contributed by atoms with Gasteiger partial charge in [0.25, 0.3) is 0 Å². The van der Waals surface area contributed by atoms with Gasteiger partial charge in [-0.2, -0.15) is 0 Å². The van der Waals surface area contributed by atoms with Gasteiger partial charge in [0.15, 0.2) is 0 Å². The molecule has 0 aliphatic heterocycles. The van der Waals surface area contributed by atoms with Gasteiger partial charge in [-0.25, -0.2) is 0 Å². The Balaban J connectivity index is 1.57. The van der Waals surface area contributed by atoms with Crippen LogP contribution in [0.25, 0.3) is 0 Å². The monoisotopic (exact) mass is 344 g/mol. The zero-order valence-electron chi connectivity index (χ0n) is 16.8. The molecule has 0 saturated heterocycles. The van der Waals surface area contributed by atoms with Crippen LogP contribution in [0.1, 0.15) is 85.0 Å². The van der Waals surface area contributed by atoms with Gasteiger partial charge in [0.05, 0.1) is 0 Å². The van der Waals surface area contributed by atoms with Crippen molar-refractivity contribution in [1.82, 2.24) is 0 Å². The van der Waals surface area contributed by atoms with Crippen LogP contribution < -0.4 is 0 Å². The molecule has 3 saturated carbocycles. The lowest BCUT2D eigenvalue weighted by Crippen LogP contribution is -2.51. The molecule has 0 heterocycles. The van der Waals surface area contributed by atoms with Gasteiger partial charge in [-0.15, -0.1) is 0 Å². The maximum atomic E-state index is 9.24. The second-order valence-corrected chi connectivity index (χ2v) is 10.6. The summed E-state index contributed by atoms with van der Waals surface area (Å²) >= 11 is 0. The quantitative estimate of drug-likeness (QED) is 0.600. The molecule has 0 amide bonds. The topological polar surface area (TPSA) is 20.2 Å². The average molecular weight is 345 g/mol. The van der Waals surface area contributed by atoms with Crippen molar-refractivity contribution in [3.63, 3.8) is 0 Å². The summed E-state index contributed by atoms with van der Waals surface area (Å²) in [6.07, 6.45) is 19.2. The lowest BCUT2D eigenvalue weighted by atomic mass is 9.46. The van der Waals surface area contributed by atoms with Crippen molar-refractivity contribution in [1.29, 1.82) is 0 Å². The van der Waals surface area contributed by atoms with E-state index >= 15 is 0 Å². The van der Waals surface area contributed by atoms with Crippen LogP contribution >= 0.6 is 0 Å². The third-order valence-electron chi connectivity index (χ3n) is 9.65. The zero-order chi connectivity index (χ0) is 17.7. The summed E-state index contributed by atoms with van der Waals surface area (Å²) in [5.41, 5.74) is 1.15. The molecular weight excluding hydrogens is 304 g/mol. The Bertz CT molecular complexity index is 510. The molecule has 0 aromatic carbocycles. The second kappa shape index (κ2) is 6.70. The van der Waals surface area contributed by atoms with Crippen molar-refractivity contribution in [3.8, 4) is 0 Å². The minimum absolute atomic E-state index is 0.365. The molecule has 3 fully saturated rings. The highest BCUT2D eigenvalue weighted by Gasteiger charge is 2.58. The molecule has 0 aromatic heterocycles. The lowest BCUT2D eigenvalue weighted by molar-refractivity contribution is -0.0645. The van der Waals surface area contributed by atoms with Crippen LogP contribution in [0.15, 0.2) is 12.2 Å². The molecule has 4 aliphatic rings. The van der Waals surface area contributed by atoms with E-state index in [1.807, 2.05) is 0 Å². The van der Waals surface area contributed by atoms with Gasteiger partial charge in [0, 0.05) is 6.61 Å². The molecule has 25 heavy (non-hydrogen) atoms. The number of aliphatic hydroxyl groups excluding tert-OH is 1. The van der Waals surface area contributed by atoms with E-state index in [4.69, 9.17) is 0 Å². The minimum Gasteiger partial charge on any atom is -0.396 e. The first kappa shape index (κ1) is 18.1. The van der Waals surface area contributed by atoms with E-state index in [0.717, 1.165) is 41.9 Å². The number of hydrogen-bond acceptors (Lipinski definition) is 1. The van der Waals surface area contributed by atoms with Crippen molar-refractivity contribution in [2.24, 2.45) is 46.3 Å². The third kappa shape index (κ3) is 2.75. The summed E-state index contributed by atoms with van der Waals surface area (Å²) in [4.78, 5) is 0. The molecule has 8 atom stereocenters. The van der Waals surface area contributed by atoms with Crippen LogP contribution in [-0.4, -0.2) is 11.7 Å². The molecule has 0 unspecified atom stereocenters. The number of allylic oxidation sites excluding steroid dienone is 2. The molecule has 4 rings (SSSR count). The molecule has 142 valence electrons. The van der Waals surface area contributed by atoms with E-state index in [2.05, 4.69) is 32.9 Å². The van der Waals surface area contributed by atoms with E-state index in [1.165, 1.54) is 57.8 Å². The highest BCUT2D eigenvalue weighted by molar-refractivity contribution is 5.17. The Morgan fingerprint density at radius 1 is 0.960 bits per heavy atom. The Morgan fingerprint density at radius 2 is 1.76 bits per heavy atom. The maximum absolute atomic E-state index is 9.24. The molecule has 0 bridgehead atoms. The molecule has 0 aromatic rings. The number of rotatable bonds is 4. The first-order valence-corrected chi connectivity index (χ1v) is 11.3. The summed E-state index contributed by atoms with van der Waals surface area (Å²) in [5.74, 6) is 5.26. The van der Waals surface area contributed by atoms with Crippen LogP contribution in [-0.2, 0) is 0 Å². The van der Waals surface area contributed by atoms with Gasteiger partial charge in [0.2, 0.25) is 0 Å². The Labute approximate surface area is 155 Å². The van der Waals surface area contributed by atoms with Crippen molar-refractivity contribution >= 4 is 0 Å². The van der Waals surface area contributed by atoms with Crippen molar-refractivity contribution < 1.29 is 5.11 Å². The Kier molecular flexibility index (Phi) is 4.84. The molecule has 4 aliphatic carbocycles. The molecular formula is C24H40O. The highest BCUT2D eigenvalue weighted by atomic mass is 16.2. The normalized spacial score (nSPS) is 50.0. The Hall–Kier alpha value is -0.300. The van der Waals surface area contributed by atoms with Crippen LogP contribution in [0.3, 0.4) is 0 Å². The number of hydrogen-bond donors (Lipinski definition) is 1. The van der Waals surface area contributed by atoms with E-state index in [-0.39, 0.29) is 0 Å². The van der Waals surface area contributed by atoms with Crippen LogP contribution in [0.2, 0.25) is 0 Å². The predicted molar refractivity (Wildman–Crippen MR) is 105 cm³/mol.